The fourth-order valence-corrected chi connectivity index (χ4v) is 3.78. The Morgan fingerprint density at radius 2 is 1.70 bits per heavy atom. The normalized spacial score (nSPS) is 19.7. The number of fused-ring (bicyclic) bond motifs is 1. The Hall–Kier alpha value is -2.53. The molecule has 5 nitrogen and oxygen atoms in total. The lowest BCUT2D eigenvalue weighted by Gasteiger charge is -2.33. The van der Waals surface area contributed by atoms with E-state index in [2.05, 4.69) is 30.3 Å². The summed E-state index contributed by atoms with van der Waals surface area (Å²) in [5.74, 6) is 1.80. The molecule has 1 amide bonds. The summed E-state index contributed by atoms with van der Waals surface area (Å²) in [6.07, 6.45) is 1.17. The van der Waals surface area contributed by atoms with E-state index in [0.717, 1.165) is 44.2 Å². The number of hydrogen-bond acceptors (Lipinski definition) is 3. The molecule has 1 N–H and O–H groups in total. The van der Waals surface area contributed by atoms with Crippen LogP contribution in [0.1, 0.15) is 18.4 Å². The molecule has 27 heavy (non-hydrogen) atoms. The summed E-state index contributed by atoms with van der Waals surface area (Å²) in [6, 6.07) is 18.3. The summed E-state index contributed by atoms with van der Waals surface area (Å²) in [6.45, 7) is 5.25. The van der Waals surface area contributed by atoms with Gasteiger partial charge in [0, 0.05) is 12.0 Å². The molecular weight excluding hydrogens is 340 g/mol. The minimum Gasteiger partial charge on any atom is -0.486 e. The molecule has 2 aliphatic heterocycles. The fraction of sp³-hybridized carbons (Fsp3) is 0.409. The van der Waals surface area contributed by atoms with E-state index in [0.29, 0.717) is 19.4 Å². The minimum absolute atomic E-state index is 0.0474. The number of piperazine rings is 1. The van der Waals surface area contributed by atoms with Crippen molar-refractivity contribution < 1.29 is 19.2 Å². The van der Waals surface area contributed by atoms with Crippen LogP contribution < -0.4 is 14.4 Å². The van der Waals surface area contributed by atoms with E-state index < -0.39 is 0 Å². The number of ether oxygens (including phenoxy) is 2. The Kier molecular flexibility index (Phi) is 5.58. The molecule has 2 aromatic rings. The Morgan fingerprint density at radius 3 is 2.48 bits per heavy atom. The molecule has 0 aliphatic carbocycles. The summed E-state index contributed by atoms with van der Waals surface area (Å²) >= 11 is 0. The number of amides is 1. The van der Waals surface area contributed by atoms with E-state index in [-0.39, 0.29) is 12.0 Å². The van der Waals surface area contributed by atoms with Gasteiger partial charge in [0.15, 0.2) is 11.5 Å². The van der Waals surface area contributed by atoms with Gasteiger partial charge in [-0.25, -0.2) is 0 Å². The summed E-state index contributed by atoms with van der Waals surface area (Å²) in [5, 5.41) is 0. The minimum atomic E-state index is -0.0474. The number of benzene rings is 2. The Bertz CT molecular complexity index is 757. The first-order valence-electron chi connectivity index (χ1n) is 9.82. The number of quaternary nitrogens is 1. The molecule has 1 atom stereocenters. The maximum absolute atomic E-state index is 12.6. The number of carbonyl (C=O) groups is 1. The SMILES string of the molecule is O=C(CC[C@@H]1COc2ccccc2O1)N1CC[NH+](Cc2ccccc2)CC1. The molecule has 1 fully saturated rings. The highest BCUT2D eigenvalue weighted by molar-refractivity contribution is 5.76. The topological polar surface area (TPSA) is 43.2 Å². The Balaban J connectivity index is 1.20. The van der Waals surface area contributed by atoms with Gasteiger partial charge in [0.25, 0.3) is 0 Å². The number of para-hydroxylation sites is 2. The molecule has 0 radical (unpaired) electrons. The third-order valence-electron chi connectivity index (χ3n) is 5.37. The average Bonchev–Trinajstić information content (AvgIpc) is 2.73. The highest BCUT2D eigenvalue weighted by Crippen LogP contribution is 2.31. The first-order chi connectivity index (χ1) is 13.3. The zero-order valence-electron chi connectivity index (χ0n) is 15.6. The van der Waals surface area contributed by atoms with Gasteiger partial charge >= 0.3 is 0 Å². The largest absolute Gasteiger partial charge is 0.486 e. The molecule has 0 aromatic heterocycles. The first-order valence-corrected chi connectivity index (χ1v) is 9.82. The molecule has 0 bridgehead atoms. The fourth-order valence-electron chi connectivity index (χ4n) is 3.78. The van der Waals surface area contributed by atoms with Gasteiger partial charge in [-0.05, 0) is 18.6 Å². The second-order valence-electron chi connectivity index (χ2n) is 7.33. The lowest BCUT2D eigenvalue weighted by atomic mass is 10.1. The van der Waals surface area contributed by atoms with Crippen molar-refractivity contribution in [3.05, 3.63) is 60.2 Å². The van der Waals surface area contributed by atoms with Crippen molar-refractivity contribution in [3.63, 3.8) is 0 Å². The first kappa shape index (κ1) is 17.9. The van der Waals surface area contributed by atoms with Gasteiger partial charge in [0.2, 0.25) is 5.91 Å². The monoisotopic (exact) mass is 367 g/mol. The van der Waals surface area contributed by atoms with Crippen LogP contribution in [0.3, 0.4) is 0 Å². The van der Waals surface area contributed by atoms with E-state index >= 15 is 0 Å². The smallest absolute Gasteiger partial charge is 0.223 e. The van der Waals surface area contributed by atoms with Crippen LogP contribution in [0.4, 0.5) is 0 Å². The standard InChI is InChI=1S/C22H26N2O3/c25-22(11-10-19-17-26-20-8-4-5-9-21(20)27-19)24-14-12-23(13-15-24)16-18-6-2-1-3-7-18/h1-9,19H,10-17H2/p+1/t19-/m1/s1. The summed E-state index contributed by atoms with van der Waals surface area (Å²) < 4.78 is 11.7. The van der Waals surface area contributed by atoms with Crippen molar-refractivity contribution in [2.75, 3.05) is 32.8 Å². The third-order valence-corrected chi connectivity index (χ3v) is 5.37. The lowest BCUT2D eigenvalue weighted by Crippen LogP contribution is -3.13. The average molecular weight is 367 g/mol. The number of rotatable bonds is 5. The lowest BCUT2D eigenvalue weighted by molar-refractivity contribution is -0.917. The van der Waals surface area contributed by atoms with Crippen LogP contribution in [-0.2, 0) is 11.3 Å². The molecule has 4 rings (SSSR count). The van der Waals surface area contributed by atoms with E-state index in [1.807, 2.05) is 29.2 Å². The summed E-state index contributed by atoms with van der Waals surface area (Å²) in [5.41, 5.74) is 1.36. The van der Waals surface area contributed by atoms with Crippen molar-refractivity contribution in [2.45, 2.75) is 25.5 Å². The van der Waals surface area contributed by atoms with Crippen LogP contribution in [0.5, 0.6) is 11.5 Å². The molecule has 5 heteroatoms. The highest BCUT2D eigenvalue weighted by Gasteiger charge is 2.26. The molecular formula is C22H27N2O3+. The quantitative estimate of drug-likeness (QED) is 0.872. The van der Waals surface area contributed by atoms with Crippen molar-refractivity contribution in [1.82, 2.24) is 4.90 Å². The predicted molar refractivity (Wildman–Crippen MR) is 103 cm³/mol. The number of carbonyl (C=O) groups excluding carboxylic acids is 1. The van der Waals surface area contributed by atoms with Gasteiger partial charge < -0.3 is 19.3 Å². The van der Waals surface area contributed by atoms with Gasteiger partial charge in [-0.3, -0.25) is 4.79 Å². The van der Waals surface area contributed by atoms with Crippen LogP contribution in [0.15, 0.2) is 54.6 Å². The molecule has 142 valence electrons. The van der Waals surface area contributed by atoms with Crippen molar-refractivity contribution in [1.29, 1.82) is 0 Å². The van der Waals surface area contributed by atoms with E-state index in [1.165, 1.54) is 5.56 Å². The van der Waals surface area contributed by atoms with Gasteiger partial charge in [-0.15, -0.1) is 0 Å². The summed E-state index contributed by atoms with van der Waals surface area (Å²) in [4.78, 5) is 16.1. The summed E-state index contributed by atoms with van der Waals surface area (Å²) in [7, 11) is 0. The second-order valence-corrected chi connectivity index (χ2v) is 7.33. The number of nitrogens with one attached hydrogen (secondary N) is 1. The van der Waals surface area contributed by atoms with Crippen molar-refractivity contribution >= 4 is 5.91 Å². The van der Waals surface area contributed by atoms with Gasteiger partial charge in [-0.2, -0.15) is 0 Å². The number of hydrogen-bond donors (Lipinski definition) is 1. The predicted octanol–water partition coefficient (Wildman–Crippen LogP) is 1.53. The number of nitrogens with zero attached hydrogens (tertiary/aromatic N) is 1. The van der Waals surface area contributed by atoms with Gasteiger partial charge in [0.05, 0.1) is 26.2 Å². The molecule has 2 heterocycles. The third kappa shape index (κ3) is 4.61. The van der Waals surface area contributed by atoms with Crippen molar-refractivity contribution in [2.24, 2.45) is 0 Å². The van der Waals surface area contributed by atoms with Crippen molar-refractivity contribution in [3.8, 4) is 11.5 Å². The maximum atomic E-state index is 12.6. The molecule has 1 saturated heterocycles. The van der Waals surface area contributed by atoms with E-state index in [4.69, 9.17) is 9.47 Å². The van der Waals surface area contributed by atoms with Crippen LogP contribution in [0.2, 0.25) is 0 Å². The van der Waals surface area contributed by atoms with Crippen LogP contribution >= 0.6 is 0 Å². The molecule has 0 spiro atoms. The molecule has 0 saturated carbocycles. The zero-order valence-corrected chi connectivity index (χ0v) is 15.6. The van der Waals surface area contributed by atoms with E-state index in [1.54, 1.807) is 4.90 Å². The van der Waals surface area contributed by atoms with Crippen LogP contribution in [0, 0.1) is 0 Å². The van der Waals surface area contributed by atoms with Gasteiger partial charge in [-0.1, -0.05) is 42.5 Å². The zero-order chi connectivity index (χ0) is 18.5. The maximum Gasteiger partial charge on any atom is 0.223 e. The van der Waals surface area contributed by atoms with Crippen LogP contribution in [-0.4, -0.2) is 49.7 Å². The van der Waals surface area contributed by atoms with E-state index in [9.17, 15) is 4.79 Å². The highest BCUT2D eigenvalue weighted by atomic mass is 16.6. The van der Waals surface area contributed by atoms with Gasteiger partial charge in [0.1, 0.15) is 19.3 Å². The second kappa shape index (κ2) is 8.44. The molecule has 2 aliphatic rings. The molecule has 2 aromatic carbocycles. The molecule has 0 unspecified atom stereocenters. The Labute approximate surface area is 160 Å². The van der Waals surface area contributed by atoms with Crippen LogP contribution in [0.25, 0.3) is 0 Å². The Morgan fingerprint density at radius 1 is 1.00 bits per heavy atom.